The highest BCUT2D eigenvalue weighted by molar-refractivity contribution is 7.93. The van der Waals surface area contributed by atoms with Crippen LogP contribution in [0.2, 0.25) is 5.02 Å². The Balaban J connectivity index is 1.83. The maximum atomic E-state index is 12.4. The summed E-state index contributed by atoms with van der Waals surface area (Å²) < 4.78 is 25.3. The molecule has 3 rings (SSSR count). The summed E-state index contributed by atoms with van der Waals surface area (Å²) in [4.78, 5) is 22.6. The van der Waals surface area contributed by atoms with Gasteiger partial charge in [-0.05, 0) is 36.8 Å². The van der Waals surface area contributed by atoms with E-state index in [0.29, 0.717) is 24.3 Å². The van der Waals surface area contributed by atoms with Gasteiger partial charge in [0.1, 0.15) is 5.02 Å². The fourth-order valence-electron chi connectivity index (χ4n) is 2.67. The maximum absolute atomic E-state index is 12.4. The van der Waals surface area contributed by atoms with Crippen molar-refractivity contribution in [1.82, 2.24) is 0 Å². The first-order chi connectivity index (χ1) is 12.3. The Morgan fingerprint density at radius 2 is 2.00 bits per heavy atom. The quantitative estimate of drug-likeness (QED) is 0.632. The number of hydrogen-bond donors (Lipinski definition) is 1. The number of nitrogens with one attached hydrogen (secondary N) is 1. The lowest BCUT2D eigenvalue weighted by molar-refractivity contribution is -0.384. The highest BCUT2D eigenvalue weighted by atomic mass is 35.5. The van der Waals surface area contributed by atoms with E-state index in [-0.39, 0.29) is 22.0 Å². The summed E-state index contributed by atoms with van der Waals surface area (Å²) in [6.07, 6.45) is 0.549. The molecule has 1 aliphatic heterocycles. The molecule has 1 aliphatic rings. The summed E-state index contributed by atoms with van der Waals surface area (Å²) in [6.45, 7) is 0.392. The number of carbonyl (C=O) groups is 1. The van der Waals surface area contributed by atoms with Crippen molar-refractivity contribution >= 4 is 44.6 Å². The van der Waals surface area contributed by atoms with Crippen LogP contribution in [-0.4, -0.2) is 31.5 Å². The molecule has 0 unspecified atom stereocenters. The molecule has 0 saturated carbocycles. The molecule has 0 radical (unpaired) electrons. The monoisotopic (exact) mass is 395 g/mol. The van der Waals surface area contributed by atoms with Crippen molar-refractivity contribution in [3.05, 3.63) is 63.2 Å². The fraction of sp³-hybridized carbons (Fsp3) is 0.188. The first-order valence-electron chi connectivity index (χ1n) is 7.64. The minimum atomic E-state index is -3.33. The van der Waals surface area contributed by atoms with Crippen LogP contribution in [0.4, 0.5) is 17.1 Å². The Bertz CT molecular complexity index is 993. The molecular weight excluding hydrogens is 382 g/mol. The largest absolute Gasteiger partial charge is 0.322 e. The molecule has 0 spiro atoms. The second-order valence-corrected chi connectivity index (χ2v) is 8.09. The van der Waals surface area contributed by atoms with Crippen LogP contribution in [0.25, 0.3) is 0 Å². The van der Waals surface area contributed by atoms with Gasteiger partial charge in [0.05, 0.1) is 16.4 Å². The topological polar surface area (TPSA) is 110 Å². The first kappa shape index (κ1) is 18.2. The second-order valence-electron chi connectivity index (χ2n) is 5.67. The smallest absolute Gasteiger partial charge is 0.288 e. The first-order valence-corrected chi connectivity index (χ1v) is 9.62. The van der Waals surface area contributed by atoms with Crippen LogP contribution in [-0.2, 0) is 10.0 Å². The van der Waals surface area contributed by atoms with Crippen LogP contribution in [0.15, 0.2) is 42.5 Å². The van der Waals surface area contributed by atoms with E-state index < -0.39 is 20.9 Å². The van der Waals surface area contributed by atoms with Crippen molar-refractivity contribution in [2.24, 2.45) is 0 Å². The lowest BCUT2D eigenvalue weighted by atomic mass is 10.2. The molecule has 2 aromatic rings. The van der Waals surface area contributed by atoms with Crippen LogP contribution in [0.3, 0.4) is 0 Å². The number of nitro benzene ring substituents is 1. The van der Waals surface area contributed by atoms with Gasteiger partial charge in [-0.3, -0.25) is 19.2 Å². The van der Waals surface area contributed by atoms with Gasteiger partial charge in [-0.1, -0.05) is 17.7 Å². The number of anilines is 2. The zero-order chi connectivity index (χ0) is 18.9. The van der Waals surface area contributed by atoms with E-state index in [2.05, 4.69) is 5.32 Å². The Hall–Kier alpha value is -2.65. The maximum Gasteiger partial charge on any atom is 0.288 e. The van der Waals surface area contributed by atoms with Crippen LogP contribution < -0.4 is 9.62 Å². The van der Waals surface area contributed by atoms with Gasteiger partial charge >= 0.3 is 0 Å². The number of benzene rings is 2. The van der Waals surface area contributed by atoms with E-state index in [1.54, 1.807) is 24.3 Å². The summed E-state index contributed by atoms with van der Waals surface area (Å²) in [5.41, 5.74) is 0.547. The van der Waals surface area contributed by atoms with Crippen molar-refractivity contribution in [2.45, 2.75) is 6.42 Å². The standard InChI is InChI=1S/C16H14ClN3O5S/c17-14-6-5-11(9-15(14)20(22)23)16(21)18-12-3-1-4-13(10-12)19-7-2-8-26(19,24)25/h1,3-6,9-10H,2,7-8H2,(H,18,21). The highest BCUT2D eigenvalue weighted by Gasteiger charge is 2.28. The Kier molecular flexibility index (Phi) is 4.84. The molecule has 0 bridgehead atoms. The number of carbonyl (C=O) groups excluding carboxylic acids is 1. The molecule has 1 fully saturated rings. The van der Waals surface area contributed by atoms with Gasteiger partial charge < -0.3 is 5.32 Å². The predicted molar refractivity (Wildman–Crippen MR) is 98.3 cm³/mol. The average molecular weight is 396 g/mol. The minimum absolute atomic E-state index is 0.0622. The van der Waals surface area contributed by atoms with Crippen molar-refractivity contribution in [3.63, 3.8) is 0 Å². The lowest BCUT2D eigenvalue weighted by Crippen LogP contribution is -2.25. The molecule has 1 amide bonds. The van der Waals surface area contributed by atoms with E-state index >= 15 is 0 Å². The Morgan fingerprint density at radius 1 is 1.23 bits per heavy atom. The van der Waals surface area contributed by atoms with Gasteiger partial charge in [0.25, 0.3) is 11.6 Å². The number of nitrogens with zero attached hydrogens (tertiary/aromatic N) is 2. The van der Waals surface area contributed by atoms with E-state index in [9.17, 15) is 23.3 Å². The van der Waals surface area contributed by atoms with Gasteiger partial charge in [0, 0.05) is 23.9 Å². The van der Waals surface area contributed by atoms with Gasteiger partial charge in [-0.25, -0.2) is 8.42 Å². The Morgan fingerprint density at radius 3 is 2.65 bits per heavy atom. The van der Waals surface area contributed by atoms with Crippen LogP contribution in [0.1, 0.15) is 16.8 Å². The number of nitro groups is 1. The molecule has 8 nitrogen and oxygen atoms in total. The molecule has 1 heterocycles. The normalized spacial score (nSPS) is 15.7. The van der Waals surface area contributed by atoms with E-state index in [4.69, 9.17) is 11.6 Å². The van der Waals surface area contributed by atoms with Crippen molar-refractivity contribution in [3.8, 4) is 0 Å². The number of rotatable bonds is 4. The molecule has 0 aliphatic carbocycles. The van der Waals surface area contributed by atoms with E-state index in [0.717, 1.165) is 6.07 Å². The van der Waals surface area contributed by atoms with Gasteiger partial charge in [-0.15, -0.1) is 0 Å². The number of sulfonamides is 1. The molecule has 1 saturated heterocycles. The summed E-state index contributed by atoms with van der Waals surface area (Å²) in [7, 11) is -3.33. The highest BCUT2D eigenvalue weighted by Crippen LogP contribution is 2.28. The van der Waals surface area contributed by atoms with Gasteiger partial charge in [0.2, 0.25) is 10.0 Å². The molecule has 2 aromatic carbocycles. The number of amides is 1. The zero-order valence-electron chi connectivity index (χ0n) is 13.4. The number of hydrogen-bond acceptors (Lipinski definition) is 5. The number of halogens is 1. The third-order valence-electron chi connectivity index (χ3n) is 3.90. The van der Waals surface area contributed by atoms with Crippen molar-refractivity contribution in [2.75, 3.05) is 21.9 Å². The summed E-state index contributed by atoms with van der Waals surface area (Å²) in [5, 5.41) is 13.5. The van der Waals surface area contributed by atoms with Gasteiger partial charge in [-0.2, -0.15) is 0 Å². The molecule has 0 atom stereocenters. The minimum Gasteiger partial charge on any atom is -0.322 e. The SMILES string of the molecule is O=C(Nc1cccc(N2CCCS2(=O)=O)c1)c1ccc(Cl)c([N+](=O)[O-])c1. The summed E-state index contributed by atoms with van der Waals surface area (Å²) in [5.74, 6) is -0.468. The van der Waals surface area contributed by atoms with E-state index in [1.807, 2.05) is 0 Å². The van der Waals surface area contributed by atoms with Gasteiger partial charge in [0.15, 0.2) is 0 Å². The van der Waals surface area contributed by atoms with Crippen molar-refractivity contribution in [1.29, 1.82) is 0 Å². The molecular formula is C16H14ClN3O5S. The second kappa shape index (κ2) is 6.93. The molecule has 26 heavy (non-hydrogen) atoms. The fourth-order valence-corrected chi connectivity index (χ4v) is 4.41. The summed E-state index contributed by atoms with van der Waals surface area (Å²) >= 11 is 5.74. The lowest BCUT2D eigenvalue weighted by Gasteiger charge is -2.17. The van der Waals surface area contributed by atoms with Crippen LogP contribution in [0, 0.1) is 10.1 Å². The summed E-state index contributed by atoms with van der Waals surface area (Å²) in [6, 6.07) is 10.2. The molecule has 10 heteroatoms. The molecule has 0 aromatic heterocycles. The Labute approximate surface area is 154 Å². The average Bonchev–Trinajstić information content (AvgIpc) is 2.94. The third kappa shape index (κ3) is 3.63. The molecule has 136 valence electrons. The third-order valence-corrected chi connectivity index (χ3v) is 6.09. The van der Waals surface area contributed by atoms with Crippen LogP contribution >= 0.6 is 11.6 Å². The van der Waals surface area contributed by atoms with Crippen molar-refractivity contribution < 1.29 is 18.1 Å². The van der Waals surface area contributed by atoms with E-state index in [1.165, 1.54) is 16.4 Å². The molecule has 1 N–H and O–H groups in total. The van der Waals surface area contributed by atoms with Crippen LogP contribution in [0.5, 0.6) is 0 Å². The zero-order valence-corrected chi connectivity index (χ0v) is 15.0. The predicted octanol–water partition coefficient (Wildman–Crippen LogP) is 3.04.